The molecule has 2 nitrogen and oxygen atoms in total. The molecule has 0 unspecified atom stereocenters. The minimum Gasteiger partial charge on any atom is -0.382 e. The van der Waals surface area contributed by atoms with Crippen LogP contribution in [-0.4, -0.2) is 32.1 Å². The highest BCUT2D eigenvalue weighted by molar-refractivity contribution is 7.99. The number of thioether (sulfide) groups is 1. The first kappa shape index (κ1) is 15.9. The fourth-order valence-corrected chi connectivity index (χ4v) is 3.47. The van der Waals surface area contributed by atoms with Crippen molar-refractivity contribution in [1.82, 2.24) is 5.32 Å². The van der Waals surface area contributed by atoms with E-state index in [4.69, 9.17) is 4.74 Å². The van der Waals surface area contributed by atoms with E-state index in [1.807, 2.05) is 11.8 Å². The molecule has 1 aliphatic carbocycles. The Bertz CT molecular complexity index is 395. The third kappa shape index (κ3) is 5.47. The van der Waals surface area contributed by atoms with Gasteiger partial charge in [0.2, 0.25) is 0 Å². The second-order valence-electron chi connectivity index (χ2n) is 5.29. The lowest BCUT2D eigenvalue weighted by Crippen LogP contribution is -2.18. The van der Waals surface area contributed by atoms with Gasteiger partial charge < -0.3 is 10.1 Å². The number of hydrogen-bond donors (Lipinski definition) is 1. The zero-order valence-corrected chi connectivity index (χ0v) is 13.4. The molecule has 0 atom stereocenters. The van der Waals surface area contributed by atoms with E-state index in [0.29, 0.717) is 0 Å². The second kappa shape index (κ2) is 9.43. The summed E-state index contributed by atoms with van der Waals surface area (Å²) >= 11 is 1.97. The van der Waals surface area contributed by atoms with Gasteiger partial charge in [-0.15, -0.1) is 11.8 Å². The molecule has 2 rings (SSSR count). The van der Waals surface area contributed by atoms with Crippen molar-refractivity contribution in [2.75, 3.05) is 32.1 Å². The van der Waals surface area contributed by atoms with Gasteiger partial charge in [-0.05, 0) is 68.8 Å². The maximum absolute atomic E-state index is 5.32. The second-order valence-corrected chi connectivity index (χ2v) is 6.45. The highest BCUT2D eigenvalue weighted by Gasteiger charge is 2.10. The van der Waals surface area contributed by atoms with Crippen molar-refractivity contribution in [3.8, 4) is 0 Å². The molecule has 1 aromatic carbocycles. The Hall–Kier alpha value is -0.510. The summed E-state index contributed by atoms with van der Waals surface area (Å²) in [5.74, 6) is 1.16. The number of hydrogen-bond acceptors (Lipinski definition) is 3. The minimum absolute atomic E-state index is 0.838. The lowest BCUT2D eigenvalue weighted by Gasteiger charge is -2.06. The van der Waals surface area contributed by atoms with Gasteiger partial charge in [0.15, 0.2) is 0 Å². The summed E-state index contributed by atoms with van der Waals surface area (Å²) in [6, 6.07) is 7.01. The van der Waals surface area contributed by atoms with E-state index in [1.54, 1.807) is 11.1 Å². The van der Waals surface area contributed by atoms with Gasteiger partial charge in [0.05, 0.1) is 0 Å². The molecule has 0 fully saturated rings. The third-order valence-electron chi connectivity index (χ3n) is 3.71. The van der Waals surface area contributed by atoms with Crippen LogP contribution in [0.1, 0.15) is 37.3 Å². The van der Waals surface area contributed by atoms with Crippen molar-refractivity contribution in [1.29, 1.82) is 0 Å². The Labute approximate surface area is 127 Å². The van der Waals surface area contributed by atoms with Crippen LogP contribution in [-0.2, 0) is 17.6 Å². The van der Waals surface area contributed by atoms with E-state index < -0.39 is 0 Å². The fourth-order valence-electron chi connectivity index (χ4n) is 2.60. The maximum atomic E-state index is 5.32. The first-order valence-electron chi connectivity index (χ1n) is 7.93. The van der Waals surface area contributed by atoms with Crippen LogP contribution in [0.2, 0.25) is 0 Å². The monoisotopic (exact) mass is 293 g/mol. The molecule has 20 heavy (non-hydrogen) atoms. The third-order valence-corrected chi connectivity index (χ3v) is 4.71. The predicted octanol–water partition coefficient (Wildman–Crippen LogP) is 3.67. The van der Waals surface area contributed by atoms with Gasteiger partial charge >= 0.3 is 0 Å². The molecular weight excluding hydrogens is 266 g/mol. The molecule has 0 bridgehead atoms. The predicted molar refractivity (Wildman–Crippen MR) is 87.8 cm³/mol. The minimum atomic E-state index is 0.838. The molecule has 0 aliphatic heterocycles. The smallest absolute Gasteiger partial charge is 0.0466 e. The van der Waals surface area contributed by atoms with E-state index in [2.05, 4.69) is 30.4 Å². The average Bonchev–Trinajstić information content (AvgIpc) is 2.93. The summed E-state index contributed by atoms with van der Waals surface area (Å²) in [5, 5.41) is 3.51. The number of benzene rings is 1. The van der Waals surface area contributed by atoms with E-state index >= 15 is 0 Å². The Morgan fingerprint density at radius 1 is 1.15 bits per heavy atom. The van der Waals surface area contributed by atoms with Gasteiger partial charge in [-0.3, -0.25) is 0 Å². The number of fused-ring (bicyclic) bond motifs is 1. The van der Waals surface area contributed by atoms with Gasteiger partial charge in [0.1, 0.15) is 0 Å². The van der Waals surface area contributed by atoms with Crippen molar-refractivity contribution in [2.45, 2.75) is 43.9 Å². The molecule has 0 radical (unpaired) electrons. The normalized spacial score (nSPS) is 13.7. The number of rotatable bonds is 10. The number of aryl methyl sites for hydroxylation is 2. The zero-order valence-electron chi connectivity index (χ0n) is 12.6. The van der Waals surface area contributed by atoms with E-state index in [0.717, 1.165) is 32.1 Å². The van der Waals surface area contributed by atoms with Crippen molar-refractivity contribution < 1.29 is 4.74 Å². The average molecular weight is 293 g/mol. The highest BCUT2D eigenvalue weighted by Crippen LogP contribution is 2.27. The van der Waals surface area contributed by atoms with Crippen LogP contribution < -0.4 is 5.32 Å². The van der Waals surface area contributed by atoms with Crippen LogP contribution in [0.25, 0.3) is 0 Å². The topological polar surface area (TPSA) is 21.3 Å². The summed E-state index contributed by atoms with van der Waals surface area (Å²) in [6.45, 7) is 6.00. The molecule has 1 N–H and O–H groups in total. The van der Waals surface area contributed by atoms with E-state index in [9.17, 15) is 0 Å². The van der Waals surface area contributed by atoms with Crippen molar-refractivity contribution in [2.24, 2.45) is 0 Å². The van der Waals surface area contributed by atoms with Gasteiger partial charge in [-0.1, -0.05) is 6.07 Å². The Balaban J connectivity index is 1.51. The Morgan fingerprint density at radius 2 is 2.05 bits per heavy atom. The van der Waals surface area contributed by atoms with Crippen LogP contribution >= 0.6 is 11.8 Å². The van der Waals surface area contributed by atoms with Crippen LogP contribution in [0.3, 0.4) is 0 Å². The van der Waals surface area contributed by atoms with Crippen LogP contribution in [0, 0.1) is 0 Å². The van der Waals surface area contributed by atoms with E-state index in [1.165, 1.54) is 37.0 Å². The number of nitrogens with one attached hydrogen (secondary N) is 1. The summed E-state index contributed by atoms with van der Waals surface area (Å²) in [5.41, 5.74) is 3.15. The standard InChI is InChI=1S/C17H27NOS/c1-2-19-12-4-3-10-18-11-13-20-17-9-8-15-6-5-7-16(15)14-17/h8-9,14,18H,2-7,10-13H2,1H3. The molecule has 1 aliphatic rings. The molecule has 0 heterocycles. The lowest BCUT2D eigenvalue weighted by atomic mass is 10.1. The van der Waals surface area contributed by atoms with Gasteiger partial charge in [-0.2, -0.15) is 0 Å². The van der Waals surface area contributed by atoms with Gasteiger partial charge in [0, 0.05) is 30.4 Å². The first-order valence-corrected chi connectivity index (χ1v) is 8.92. The zero-order chi connectivity index (χ0) is 14.0. The highest BCUT2D eigenvalue weighted by atomic mass is 32.2. The van der Waals surface area contributed by atoms with Crippen LogP contribution in [0.15, 0.2) is 23.1 Å². The van der Waals surface area contributed by atoms with Crippen molar-refractivity contribution in [3.63, 3.8) is 0 Å². The van der Waals surface area contributed by atoms with E-state index in [-0.39, 0.29) is 0 Å². The number of unbranched alkanes of at least 4 members (excludes halogenated alkanes) is 1. The molecule has 0 spiro atoms. The Kier molecular flexibility index (Phi) is 7.48. The summed E-state index contributed by atoms with van der Waals surface area (Å²) < 4.78 is 5.32. The molecule has 3 heteroatoms. The maximum Gasteiger partial charge on any atom is 0.0466 e. The summed E-state index contributed by atoms with van der Waals surface area (Å²) in [6.07, 6.45) is 6.28. The molecule has 0 saturated carbocycles. The van der Waals surface area contributed by atoms with Gasteiger partial charge in [-0.25, -0.2) is 0 Å². The van der Waals surface area contributed by atoms with Crippen LogP contribution in [0.5, 0.6) is 0 Å². The largest absolute Gasteiger partial charge is 0.382 e. The molecule has 0 amide bonds. The molecule has 1 aromatic rings. The Morgan fingerprint density at radius 3 is 2.95 bits per heavy atom. The first-order chi connectivity index (χ1) is 9.90. The molecular formula is C17H27NOS. The lowest BCUT2D eigenvalue weighted by molar-refractivity contribution is 0.143. The quantitative estimate of drug-likeness (QED) is 0.525. The summed E-state index contributed by atoms with van der Waals surface area (Å²) in [7, 11) is 0. The fraction of sp³-hybridized carbons (Fsp3) is 0.647. The molecule has 112 valence electrons. The van der Waals surface area contributed by atoms with Crippen molar-refractivity contribution in [3.05, 3.63) is 29.3 Å². The summed E-state index contributed by atoms with van der Waals surface area (Å²) in [4.78, 5) is 1.43. The van der Waals surface area contributed by atoms with Crippen molar-refractivity contribution >= 4 is 11.8 Å². The number of ether oxygens (including phenoxy) is 1. The van der Waals surface area contributed by atoms with Gasteiger partial charge in [0.25, 0.3) is 0 Å². The molecule has 0 aromatic heterocycles. The van der Waals surface area contributed by atoms with Crippen LogP contribution in [0.4, 0.5) is 0 Å². The molecule has 0 saturated heterocycles. The SMILES string of the molecule is CCOCCCCNCCSc1ccc2c(c1)CCC2.